The molecule has 0 unspecified atom stereocenters. The highest BCUT2D eigenvalue weighted by Gasteiger charge is 2.16. The van der Waals surface area contributed by atoms with Crippen molar-refractivity contribution in [1.82, 2.24) is 4.98 Å². The molecule has 0 fully saturated rings. The fourth-order valence-corrected chi connectivity index (χ4v) is 3.22. The Morgan fingerprint density at radius 1 is 1.29 bits per heavy atom. The van der Waals surface area contributed by atoms with Crippen LogP contribution in [-0.2, 0) is 11.2 Å². The molecular weight excluding hydrogens is 328 g/mol. The molecule has 122 valence electrons. The molecule has 0 saturated heterocycles. The zero-order chi connectivity index (χ0) is 17.1. The molecule has 1 aromatic heterocycles. The summed E-state index contributed by atoms with van der Waals surface area (Å²) in [5.74, 6) is -0.570. The summed E-state index contributed by atoms with van der Waals surface area (Å²) in [6, 6.07) is 12.1. The molecule has 2 aromatic carbocycles. The Labute approximate surface area is 141 Å². The molecule has 0 aliphatic rings. The van der Waals surface area contributed by atoms with Gasteiger partial charge in [0.25, 0.3) is 5.69 Å². The maximum Gasteiger partial charge on any atom is 0.338 e. The Morgan fingerprint density at radius 3 is 2.83 bits per heavy atom. The van der Waals surface area contributed by atoms with Gasteiger partial charge in [-0.3, -0.25) is 10.1 Å². The lowest BCUT2D eigenvalue weighted by atomic mass is 10.1. The summed E-state index contributed by atoms with van der Waals surface area (Å²) >= 11 is 1.56. The lowest BCUT2D eigenvalue weighted by molar-refractivity contribution is -0.385. The van der Waals surface area contributed by atoms with Crippen molar-refractivity contribution < 1.29 is 14.5 Å². The Morgan fingerprint density at radius 2 is 2.08 bits per heavy atom. The molecule has 24 heavy (non-hydrogen) atoms. The second-order valence-corrected chi connectivity index (χ2v) is 6.33. The molecule has 7 heteroatoms. The van der Waals surface area contributed by atoms with E-state index in [0.29, 0.717) is 12.0 Å². The van der Waals surface area contributed by atoms with Crippen LogP contribution in [0.4, 0.5) is 5.69 Å². The van der Waals surface area contributed by atoms with Gasteiger partial charge in [0.2, 0.25) is 0 Å². The minimum absolute atomic E-state index is 0.0874. The summed E-state index contributed by atoms with van der Waals surface area (Å²) in [4.78, 5) is 26.9. The van der Waals surface area contributed by atoms with E-state index in [1.54, 1.807) is 24.3 Å². The average Bonchev–Trinajstić information content (AvgIpc) is 2.97. The minimum atomic E-state index is -0.570. The monoisotopic (exact) mass is 342 g/mol. The van der Waals surface area contributed by atoms with Crippen LogP contribution in [0.3, 0.4) is 0 Å². The topological polar surface area (TPSA) is 82.3 Å². The van der Waals surface area contributed by atoms with Gasteiger partial charge in [-0.25, -0.2) is 9.78 Å². The predicted molar refractivity (Wildman–Crippen MR) is 91.4 cm³/mol. The van der Waals surface area contributed by atoms with E-state index in [1.807, 2.05) is 24.3 Å². The second-order valence-electron chi connectivity index (χ2n) is 5.22. The van der Waals surface area contributed by atoms with Gasteiger partial charge in [0.15, 0.2) is 0 Å². The first kappa shape index (κ1) is 16.1. The van der Waals surface area contributed by atoms with Crippen LogP contribution >= 0.6 is 11.3 Å². The number of aromatic nitrogens is 1. The molecule has 1 heterocycles. The van der Waals surface area contributed by atoms with Crippen molar-refractivity contribution in [2.24, 2.45) is 0 Å². The first-order chi connectivity index (χ1) is 11.5. The standard InChI is InChI=1S/C17H14N2O4S/c1-11-6-7-12(10-14(11)19(21)22)17(20)23-9-8-16-18-13-4-2-3-5-15(13)24-16/h2-7,10H,8-9H2,1H3. The molecule has 0 N–H and O–H groups in total. The van der Waals surface area contributed by atoms with Crippen LogP contribution < -0.4 is 0 Å². The van der Waals surface area contributed by atoms with Crippen LogP contribution in [0.15, 0.2) is 42.5 Å². The number of ether oxygens (including phenoxy) is 1. The number of rotatable bonds is 5. The van der Waals surface area contributed by atoms with E-state index in [1.165, 1.54) is 12.1 Å². The average molecular weight is 342 g/mol. The molecule has 0 spiro atoms. The number of nitro benzene ring substituents is 1. The van der Waals surface area contributed by atoms with Gasteiger partial charge in [-0.15, -0.1) is 11.3 Å². The molecule has 0 amide bonds. The van der Waals surface area contributed by atoms with E-state index in [9.17, 15) is 14.9 Å². The number of hydrogen-bond donors (Lipinski definition) is 0. The maximum absolute atomic E-state index is 12.0. The normalized spacial score (nSPS) is 10.7. The van der Waals surface area contributed by atoms with Gasteiger partial charge < -0.3 is 4.74 Å². The first-order valence-corrected chi connectivity index (χ1v) is 8.13. The number of carbonyl (C=O) groups excluding carboxylic acids is 1. The highest BCUT2D eigenvalue weighted by atomic mass is 32.1. The zero-order valence-electron chi connectivity index (χ0n) is 12.9. The highest BCUT2D eigenvalue weighted by Crippen LogP contribution is 2.22. The van der Waals surface area contributed by atoms with E-state index in [-0.39, 0.29) is 17.9 Å². The Bertz CT molecular complexity index is 887. The van der Waals surface area contributed by atoms with Crippen LogP contribution in [-0.4, -0.2) is 22.5 Å². The number of carbonyl (C=O) groups is 1. The smallest absolute Gasteiger partial charge is 0.338 e. The number of thiazole rings is 1. The number of esters is 1. The zero-order valence-corrected chi connectivity index (χ0v) is 13.7. The van der Waals surface area contributed by atoms with Crippen molar-refractivity contribution in [1.29, 1.82) is 0 Å². The third-order valence-corrected chi connectivity index (χ3v) is 4.62. The van der Waals surface area contributed by atoms with Crippen LogP contribution in [0, 0.1) is 17.0 Å². The number of para-hydroxylation sites is 1. The molecule has 0 radical (unpaired) electrons. The SMILES string of the molecule is Cc1ccc(C(=O)OCCc2nc3ccccc3s2)cc1[N+](=O)[O-]. The summed E-state index contributed by atoms with van der Waals surface area (Å²) < 4.78 is 6.30. The third-order valence-electron chi connectivity index (χ3n) is 3.53. The van der Waals surface area contributed by atoms with Gasteiger partial charge in [0.05, 0.1) is 32.3 Å². The van der Waals surface area contributed by atoms with Gasteiger partial charge in [0.1, 0.15) is 0 Å². The van der Waals surface area contributed by atoms with E-state index < -0.39 is 10.9 Å². The van der Waals surface area contributed by atoms with Gasteiger partial charge >= 0.3 is 5.97 Å². The van der Waals surface area contributed by atoms with Gasteiger partial charge in [-0.1, -0.05) is 18.2 Å². The van der Waals surface area contributed by atoms with E-state index in [0.717, 1.165) is 15.2 Å². The molecule has 6 nitrogen and oxygen atoms in total. The minimum Gasteiger partial charge on any atom is -0.462 e. The Balaban J connectivity index is 1.63. The van der Waals surface area contributed by atoms with Crippen molar-refractivity contribution >= 4 is 33.2 Å². The van der Waals surface area contributed by atoms with Crippen molar-refractivity contribution in [3.05, 3.63) is 68.7 Å². The number of fused-ring (bicyclic) bond motifs is 1. The largest absolute Gasteiger partial charge is 0.462 e. The summed E-state index contributed by atoms with van der Waals surface area (Å²) in [5, 5.41) is 11.8. The molecule has 0 aliphatic heterocycles. The van der Waals surface area contributed by atoms with Gasteiger partial charge in [-0.05, 0) is 25.1 Å². The highest BCUT2D eigenvalue weighted by molar-refractivity contribution is 7.18. The molecular formula is C17H14N2O4S. The first-order valence-electron chi connectivity index (χ1n) is 7.31. The van der Waals surface area contributed by atoms with Crippen LogP contribution in [0.25, 0.3) is 10.2 Å². The van der Waals surface area contributed by atoms with Gasteiger partial charge in [-0.2, -0.15) is 0 Å². The molecule has 0 bridgehead atoms. The molecule has 3 rings (SSSR count). The van der Waals surface area contributed by atoms with E-state index >= 15 is 0 Å². The summed E-state index contributed by atoms with van der Waals surface area (Å²) in [6.07, 6.45) is 0.513. The van der Waals surface area contributed by atoms with Crippen LogP contribution in [0.1, 0.15) is 20.9 Å². The van der Waals surface area contributed by atoms with Gasteiger partial charge in [0, 0.05) is 18.1 Å². The summed E-state index contributed by atoms with van der Waals surface area (Å²) in [7, 11) is 0. The van der Waals surface area contributed by atoms with E-state index in [4.69, 9.17) is 4.74 Å². The number of benzene rings is 2. The maximum atomic E-state index is 12.0. The predicted octanol–water partition coefficient (Wildman–Crippen LogP) is 3.91. The Hall–Kier alpha value is -2.80. The molecule has 0 aliphatic carbocycles. The fraction of sp³-hybridized carbons (Fsp3) is 0.176. The molecule has 0 saturated carbocycles. The van der Waals surface area contributed by atoms with Crippen molar-refractivity contribution in [2.75, 3.05) is 6.61 Å². The quantitative estimate of drug-likeness (QED) is 0.399. The number of nitrogens with zero attached hydrogens (tertiary/aromatic N) is 2. The summed E-state index contributed by atoms with van der Waals surface area (Å²) in [5.41, 5.74) is 1.52. The third kappa shape index (κ3) is 3.41. The van der Waals surface area contributed by atoms with E-state index in [2.05, 4.69) is 4.98 Å². The fourth-order valence-electron chi connectivity index (χ4n) is 2.27. The number of nitro groups is 1. The van der Waals surface area contributed by atoms with Crippen molar-refractivity contribution in [3.8, 4) is 0 Å². The van der Waals surface area contributed by atoms with Crippen molar-refractivity contribution in [2.45, 2.75) is 13.3 Å². The molecule has 3 aromatic rings. The van der Waals surface area contributed by atoms with Crippen LogP contribution in [0.5, 0.6) is 0 Å². The van der Waals surface area contributed by atoms with Crippen LogP contribution in [0.2, 0.25) is 0 Å². The van der Waals surface area contributed by atoms with Crippen molar-refractivity contribution in [3.63, 3.8) is 0 Å². The number of hydrogen-bond acceptors (Lipinski definition) is 6. The molecule has 0 atom stereocenters. The lowest BCUT2D eigenvalue weighted by Crippen LogP contribution is -2.08. The second kappa shape index (κ2) is 6.76. The number of aryl methyl sites for hydroxylation is 1. The Kier molecular flexibility index (Phi) is 4.52. The lowest BCUT2D eigenvalue weighted by Gasteiger charge is -2.04. The summed E-state index contributed by atoms with van der Waals surface area (Å²) in [6.45, 7) is 1.81.